The summed E-state index contributed by atoms with van der Waals surface area (Å²) in [5.74, 6) is 0.269. The highest BCUT2D eigenvalue weighted by Gasteiger charge is 2.54. The lowest BCUT2D eigenvalue weighted by molar-refractivity contribution is -0.127. The standard InChI is InChI=1S/C18H23ClN2O/c19-15-4-1-3-14(11-15)12-17(5-6-17)16(22)20-18(7-8-18)13-21-9-2-10-21/h1,3-4,11H,2,5-10,12-13H2,(H,20,22). The molecule has 1 aliphatic heterocycles. The summed E-state index contributed by atoms with van der Waals surface area (Å²) in [6, 6.07) is 7.92. The summed E-state index contributed by atoms with van der Waals surface area (Å²) in [7, 11) is 0. The number of rotatable bonds is 6. The van der Waals surface area contributed by atoms with Crippen molar-refractivity contribution in [2.75, 3.05) is 19.6 Å². The van der Waals surface area contributed by atoms with E-state index in [1.807, 2.05) is 18.2 Å². The number of hydrogen-bond donors (Lipinski definition) is 1. The lowest BCUT2D eigenvalue weighted by Gasteiger charge is -2.35. The van der Waals surface area contributed by atoms with Gasteiger partial charge in [-0.25, -0.2) is 0 Å². The minimum absolute atomic E-state index is 0.0847. The fourth-order valence-corrected chi connectivity index (χ4v) is 3.70. The van der Waals surface area contributed by atoms with Crippen molar-refractivity contribution in [3.63, 3.8) is 0 Å². The smallest absolute Gasteiger partial charge is 0.227 e. The molecule has 4 rings (SSSR count). The predicted octanol–water partition coefficient (Wildman–Crippen LogP) is 3.02. The van der Waals surface area contributed by atoms with Crippen LogP contribution in [-0.4, -0.2) is 36.0 Å². The molecule has 3 fully saturated rings. The highest BCUT2D eigenvalue weighted by atomic mass is 35.5. The highest BCUT2D eigenvalue weighted by Crippen LogP contribution is 2.50. The maximum Gasteiger partial charge on any atom is 0.227 e. The molecular formula is C18H23ClN2O. The number of benzene rings is 1. The molecular weight excluding hydrogens is 296 g/mol. The van der Waals surface area contributed by atoms with Crippen molar-refractivity contribution in [2.24, 2.45) is 5.41 Å². The van der Waals surface area contributed by atoms with Crippen molar-refractivity contribution in [2.45, 2.75) is 44.1 Å². The maximum atomic E-state index is 12.8. The molecule has 1 N–H and O–H groups in total. The van der Waals surface area contributed by atoms with Crippen molar-refractivity contribution in [3.05, 3.63) is 34.9 Å². The molecule has 0 bridgehead atoms. The Bertz CT molecular complexity index is 589. The molecule has 1 aromatic carbocycles. The molecule has 3 aliphatic rings. The molecule has 22 heavy (non-hydrogen) atoms. The van der Waals surface area contributed by atoms with Gasteiger partial charge in [0.15, 0.2) is 0 Å². The zero-order chi connectivity index (χ0) is 15.2. The Labute approximate surface area is 137 Å². The van der Waals surface area contributed by atoms with Gasteiger partial charge in [-0.15, -0.1) is 0 Å². The highest BCUT2D eigenvalue weighted by molar-refractivity contribution is 6.30. The van der Waals surface area contributed by atoms with Gasteiger partial charge < -0.3 is 10.2 Å². The first-order valence-electron chi connectivity index (χ1n) is 8.39. The van der Waals surface area contributed by atoms with E-state index >= 15 is 0 Å². The number of halogens is 1. The summed E-state index contributed by atoms with van der Waals surface area (Å²) in [6.45, 7) is 3.45. The Kier molecular flexibility index (Phi) is 3.46. The van der Waals surface area contributed by atoms with Gasteiger partial charge in [0.1, 0.15) is 0 Å². The summed E-state index contributed by atoms with van der Waals surface area (Å²) in [5.41, 5.74) is 1.09. The van der Waals surface area contributed by atoms with E-state index in [2.05, 4.69) is 16.3 Å². The molecule has 4 heteroatoms. The van der Waals surface area contributed by atoms with Crippen LogP contribution in [0.3, 0.4) is 0 Å². The fraction of sp³-hybridized carbons (Fsp3) is 0.611. The molecule has 0 spiro atoms. The van der Waals surface area contributed by atoms with Crippen LogP contribution >= 0.6 is 11.6 Å². The average Bonchev–Trinajstić information content (AvgIpc) is 3.33. The average molecular weight is 319 g/mol. The molecule has 3 nitrogen and oxygen atoms in total. The zero-order valence-electron chi connectivity index (χ0n) is 12.9. The second kappa shape index (κ2) is 5.24. The molecule has 0 atom stereocenters. The number of carbonyl (C=O) groups excluding carboxylic acids is 1. The van der Waals surface area contributed by atoms with Gasteiger partial charge in [-0.2, -0.15) is 0 Å². The van der Waals surface area contributed by atoms with E-state index < -0.39 is 0 Å². The van der Waals surface area contributed by atoms with Crippen LogP contribution < -0.4 is 5.32 Å². The molecule has 1 aromatic rings. The van der Waals surface area contributed by atoms with Gasteiger partial charge in [0.25, 0.3) is 0 Å². The lowest BCUT2D eigenvalue weighted by atomic mass is 9.95. The summed E-state index contributed by atoms with van der Waals surface area (Å²) < 4.78 is 0. The Morgan fingerprint density at radius 1 is 1.23 bits per heavy atom. The van der Waals surface area contributed by atoms with Gasteiger partial charge in [-0.3, -0.25) is 4.79 Å². The Balaban J connectivity index is 1.39. The quantitative estimate of drug-likeness (QED) is 0.874. The van der Waals surface area contributed by atoms with Gasteiger partial charge in [-0.1, -0.05) is 23.7 Å². The topological polar surface area (TPSA) is 32.3 Å². The normalized spacial score (nSPS) is 24.4. The molecule has 1 saturated heterocycles. The summed E-state index contributed by atoms with van der Waals surface area (Å²) in [6.07, 6.45) is 6.42. The van der Waals surface area contributed by atoms with Crippen molar-refractivity contribution in [1.29, 1.82) is 0 Å². The van der Waals surface area contributed by atoms with Gasteiger partial charge in [0.05, 0.1) is 11.0 Å². The minimum Gasteiger partial charge on any atom is -0.349 e. The van der Waals surface area contributed by atoms with Crippen LogP contribution in [0.4, 0.5) is 0 Å². The molecule has 0 aromatic heterocycles. The van der Waals surface area contributed by atoms with E-state index in [1.54, 1.807) is 0 Å². The molecule has 0 unspecified atom stereocenters. The maximum absolute atomic E-state index is 12.8. The summed E-state index contributed by atoms with van der Waals surface area (Å²) in [5, 5.41) is 4.15. The van der Waals surface area contributed by atoms with Crippen molar-refractivity contribution in [3.8, 4) is 0 Å². The molecule has 0 radical (unpaired) electrons. The largest absolute Gasteiger partial charge is 0.349 e. The van der Waals surface area contributed by atoms with Crippen LogP contribution in [0.15, 0.2) is 24.3 Å². The predicted molar refractivity (Wildman–Crippen MR) is 88.0 cm³/mol. The van der Waals surface area contributed by atoms with Gasteiger partial charge in [0.2, 0.25) is 5.91 Å². The van der Waals surface area contributed by atoms with E-state index in [0.29, 0.717) is 0 Å². The SMILES string of the molecule is O=C(NC1(CN2CCC2)CC1)C1(Cc2cccc(Cl)c2)CC1. The third-order valence-electron chi connectivity index (χ3n) is 5.47. The molecule has 118 valence electrons. The van der Waals surface area contributed by atoms with Crippen LogP contribution in [0, 0.1) is 5.41 Å². The molecule has 1 amide bonds. The van der Waals surface area contributed by atoms with E-state index in [-0.39, 0.29) is 16.9 Å². The monoisotopic (exact) mass is 318 g/mol. The number of hydrogen-bond acceptors (Lipinski definition) is 2. The zero-order valence-corrected chi connectivity index (χ0v) is 13.7. The fourth-order valence-electron chi connectivity index (χ4n) is 3.49. The Hall–Kier alpha value is -1.06. The van der Waals surface area contributed by atoms with Crippen LogP contribution in [0.1, 0.15) is 37.7 Å². The second-order valence-electron chi connectivity index (χ2n) is 7.45. The van der Waals surface area contributed by atoms with E-state index in [4.69, 9.17) is 11.6 Å². The molecule has 2 aliphatic carbocycles. The van der Waals surface area contributed by atoms with E-state index in [9.17, 15) is 4.79 Å². The third-order valence-corrected chi connectivity index (χ3v) is 5.71. The Morgan fingerprint density at radius 3 is 2.55 bits per heavy atom. The summed E-state index contributed by atoms with van der Waals surface area (Å²) >= 11 is 6.06. The number of amides is 1. The van der Waals surface area contributed by atoms with Gasteiger partial charge in [-0.05, 0) is 69.3 Å². The molecule has 1 heterocycles. The summed E-state index contributed by atoms with van der Waals surface area (Å²) in [4.78, 5) is 15.3. The first kappa shape index (κ1) is 14.5. The van der Waals surface area contributed by atoms with Crippen molar-refractivity contribution in [1.82, 2.24) is 10.2 Å². The Morgan fingerprint density at radius 2 is 2.00 bits per heavy atom. The van der Waals surface area contributed by atoms with Crippen LogP contribution in [0.5, 0.6) is 0 Å². The number of nitrogens with one attached hydrogen (secondary N) is 1. The number of carbonyl (C=O) groups is 1. The van der Waals surface area contributed by atoms with Crippen LogP contribution in [0.25, 0.3) is 0 Å². The molecule has 2 saturated carbocycles. The van der Waals surface area contributed by atoms with Crippen LogP contribution in [0.2, 0.25) is 5.02 Å². The first-order valence-corrected chi connectivity index (χ1v) is 8.77. The minimum atomic E-state index is -0.171. The van der Waals surface area contributed by atoms with Crippen molar-refractivity contribution >= 4 is 17.5 Å². The number of nitrogens with zero attached hydrogens (tertiary/aromatic N) is 1. The van der Waals surface area contributed by atoms with Gasteiger partial charge in [0, 0.05) is 11.6 Å². The van der Waals surface area contributed by atoms with Gasteiger partial charge >= 0.3 is 0 Å². The number of likely N-dealkylation sites (tertiary alicyclic amines) is 1. The third kappa shape index (κ3) is 2.89. The second-order valence-corrected chi connectivity index (χ2v) is 7.89. The first-order chi connectivity index (χ1) is 10.6. The van der Waals surface area contributed by atoms with E-state index in [1.165, 1.54) is 25.1 Å². The lowest BCUT2D eigenvalue weighted by Crippen LogP contribution is -2.51. The van der Waals surface area contributed by atoms with Crippen molar-refractivity contribution < 1.29 is 4.79 Å². The van der Waals surface area contributed by atoms with Crippen LogP contribution in [-0.2, 0) is 11.2 Å². The van der Waals surface area contributed by atoms with E-state index in [0.717, 1.165) is 43.7 Å².